The minimum atomic E-state index is -0.0604. The zero-order valence-corrected chi connectivity index (χ0v) is 16.8. The molecule has 4 aliphatic rings. The molecule has 0 aliphatic heterocycles. The zero-order valence-electron chi connectivity index (χ0n) is 16.8. The summed E-state index contributed by atoms with van der Waals surface area (Å²) in [6.45, 7) is 7.69. The van der Waals surface area contributed by atoms with E-state index in [-0.39, 0.29) is 6.10 Å². The maximum atomic E-state index is 10.3. The number of aliphatic hydroxyl groups is 1. The van der Waals surface area contributed by atoms with Crippen molar-refractivity contribution in [1.82, 2.24) is 10.2 Å². The second kappa shape index (κ2) is 5.59. The van der Waals surface area contributed by atoms with E-state index in [1.807, 2.05) is 6.20 Å². The molecule has 4 aliphatic carbocycles. The summed E-state index contributed by atoms with van der Waals surface area (Å²) in [6.07, 6.45) is 13.4. The number of aromatic amines is 1. The Bertz CT molecular complexity index is 672. The Hall–Kier alpha value is -0.830. The molecule has 4 fully saturated rings. The smallest absolute Gasteiger partial charge is 0.0545 e. The summed E-state index contributed by atoms with van der Waals surface area (Å²) >= 11 is 0. The fourth-order valence-corrected chi connectivity index (χ4v) is 8.58. The maximum Gasteiger partial charge on any atom is 0.0545 e. The second-order valence-electron chi connectivity index (χ2n) is 11.0. The molecule has 1 aromatic heterocycles. The Labute approximate surface area is 158 Å². The molecule has 3 nitrogen and oxygen atoms in total. The quantitative estimate of drug-likeness (QED) is 0.718. The molecular weight excluding hydrogens is 320 g/mol. The third-order valence-electron chi connectivity index (χ3n) is 10.2. The van der Waals surface area contributed by atoms with Crippen molar-refractivity contribution in [3.63, 3.8) is 0 Å². The molecule has 2 N–H and O–H groups in total. The lowest BCUT2D eigenvalue weighted by Crippen LogP contribution is -2.58. The van der Waals surface area contributed by atoms with Crippen LogP contribution >= 0.6 is 0 Å². The van der Waals surface area contributed by atoms with Gasteiger partial charge in [0.05, 0.1) is 6.10 Å². The molecule has 1 aromatic rings. The Balaban J connectivity index is 1.46. The van der Waals surface area contributed by atoms with Gasteiger partial charge in [0.1, 0.15) is 0 Å². The van der Waals surface area contributed by atoms with Gasteiger partial charge in [0.15, 0.2) is 0 Å². The molecule has 3 heteroatoms. The van der Waals surface area contributed by atoms with Gasteiger partial charge < -0.3 is 5.11 Å². The number of nitrogens with zero attached hydrogens (tertiary/aromatic N) is 1. The lowest BCUT2D eigenvalue weighted by atomic mass is 9.40. The summed E-state index contributed by atoms with van der Waals surface area (Å²) < 4.78 is 0. The first-order chi connectivity index (χ1) is 12.4. The summed E-state index contributed by atoms with van der Waals surface area (Å²) in [5, 5.41) is 17.9. The lowest BCUT2D eigenvalue weighted by Gasteiger charge is -2.65. The molecule has 0 amide bonds. The van der Waals surface area contributed by atoms with Crippen LogP contribution in [0.5, 0.6) is 0 Å². The number of fused-ring (bicyclic) bond motifs is 5. The Morgan fingerprint density at radius 1 is 1.00 bits per heavy atom. The van der Waals surface area contributed by atoms with Gasteiger partial charge in [-0.2, -0.15) is 5.10 Å². The molecule has 5 rings (SSSR count). The minimum absolute atomic E-state index is 0.0604. The number of hydrogen-bond acceptors (Lipinski definition) is 2. The molecule has 8 atom stereocenters. The van der Waals surface area contributed by atoms with E-state index in [1.54, 1.807) is 0 Å². The first kappa shape index (κ1) is 17.3. The van der Waals surface area contributed by atoms with Crippen molar-refractivity contribution in [3.8, 4) is 0 Å². The van der Waals surface area contributed by atoms with Crippen LogP contribution in [0.15, 0.2) is 12.3 Å². The third-order valence-corrected chi connectivity index (χ3v) is 10.2. The van der Waals surface area contributed by atoms with E-state index in [2.05, 4.69) is 37.0 Å². The molecule has 0 aromatic carbocycles. The topological polar surface area (TPSA) is 48.9 Å². The van der Waals surface area contributed by atoms with Crippen molar-refractivity contribution in [2.45, 2.75) is 90.6 Å². The summed E-state index contributed by atoms with van der Waals surface area (Å²) in [7, 11) is 0. The summed E-state index contributed by atoms with van der Waals surface area (Å²) in [5.41, 5.74) is 2.61. The normalized spacial score (nSPS) is 53.6. The maximum absolute atomic E-state index is 10.3. The van der Waals surface area contributed by atoms with Gasteiger partial charge in [-0.1, -0.05) is 20.8 Å². The van der Waals surface area contributed by atoms with Crippen LogP contribution in [0.3, 0.4) is 0 Å². The fourth-order valence-electron chi connectivity index (χ4n) is 8.58. The molecule has 4 saturated carbocycles. The van der Waals surface area contributed by atoms with Gasteiger partial charge in [-0.15, -0.1) is 0 Å². The van der Waals surface area contributed by atoms with Gasteiger partial charge in [-0.25, -0.2) is 0 Å². The van der Waals surface area contributed by atoms with Crippen LogP contribution in [0, 0.1) is 34.0 Å². The van der Waals surface area contributed by atoms with Gasteiger partial charge in [0, 0.05) is 17.8 Å². The predicted octanol–water partition coefficient (Wildman–Crippen LogP) is 5.29. The van der Waals surface area contributed by atoms with Crippen molar-refractivity contribution < 1.29 is 5.11 Å². The van der Waals surface area contributed by atoms with E-state index in [9.17, 15) is 5.11 Å². The number of hydrogen-bond donors (Lipinski definition) is 2. The molecule has 0 spiro atoms. The van der Waals surface area contributed by atoms with E-state index >= 15 is 0 Å². The fraction of sp³-hybridized carbons (Fsp3) is 0.870. The summed E-state index contributed by atoms with van der Waals surface area (Å²) in [5.74, 6) is 3.32. The average Bonchev–Trinajstić information content (AvgIpc) is 3.22. The molecule has 1 heterocycles. The lowest BCUT2D eigenvalue weighted by molar-refractivity contribution is -0.167. The third kappa shape index (κ3) is 2.13. The van der Waals surface area contributed by atoms with Crippen LogP contribution in [0.4, 0.5) is 0 Å². The van der Waals surface area contributed by atoms with Gasteiger partial charge in [0.2, 0.25) is 0 Å². The first-order valence-corrected chi connectivity index (χ1v) is 11.0. The molecule has 7 unspecified atom stereocenters. The highest BCUT2D eigenvalue weighted by atomic mass is 16.3. The molecule has 0 radical (unpaired) electrons. The molecule has 0 bridgehead atoms. The largest absolute Gasteiger partial charge is 0.393 e. The minimum Gasteiger partial charge on any atom is -0.393 e. The first-order valence-electron chi connectivity index (χ1n) is 11.0. The van der Waals surface area contributed by atoms with Crippen LogP contribution in [-0.2, 0) is 0 Å². The highest BCUT2D eigenvalue weighted by Gasteiger charge is 2.63. The number of aromatic nitrogens is 2. The van der Waals surface area contributed by atoms with E-state index in [1.165, 1.54) is 50.6 Å². The van der Waals surface area contributed by atoms with Crippen LogP contribution in [0.25, 0.3) is 0 Å². The van der Waals surface area contributed by atoms with Gasteiger partial charge >= 0.3 is 0 Å². The molecule has 0 saturated heterocycles. The van der Waals surface area contributed by atoms with Crippen LogP contribution < -0.4 is 0 Å². The molecule has 144 valence electrons. The van der Waals surface area contributed by atoms with Crippen LogP contribution in [-0.4, -0.2) is 21.4 Å². The van der Waals surface area contributed by atoms with Crippen molar-refractivity contribution in [2.75, 3.05) is 0 Å². The predicted molar refractivity (Wildman–Crippen MR) is 104 cm³/mol. The number of nitrogens with one attached hydrogen (secondary N) is 1. The second-order valence-corrected chi connectivity index (χ2v) is 11.0. The highest BCUT2D eigenvalue weighted by molar-refractivity contribution is 5.19. The Morgan fingerprint density at radius 3 is 2.62 bits per heavy atom. The van der Waals surface area contributed by atoms with E-state index in [0.717, 1.165) is 30.6 Å². The van der Waals surface area contributed by atoms with E-state index < -0.39 is 0 Å². The van der Waals surface area contributed by atoms with Crippen LogP contribution in [0.1, 0.15) is 90.2 Å². The van der Waals surface area contributed by atoms with Gasteiger partial charge in [-0.3, -0.25) is 5.10 Å². The van der Waals surface area contributed by atoms with Crippen molar-refractivity contribution in [2.24, 2.45) is 34.0 Å². The molecular formula is C23H36N2O. The standard InChI is InChI=1S/C23H36N2O/c1-21-10-7-16-17-4-5-19(20-9-13-24-25-20)22(17,2)11-8-18(16)23(21,3)12-6-15(26)14-21/h9,13,15-19,26H,4-8,10-12,14H2,1-3H3,(H,24,25)/t15?,16?,17?,18?,19?,21-,22?,23?/m0/s1. The summed E-state index contributed by atoms with van der Waals surface area (Å²) in [6, 6.07) is 2.21. The number of aliphatic hydroxyl groups excluding tert-OH is 1. The Morgan fingerprint density at radius 2 is 1.85 bits per heavy atom. The highest BCUT2D eigenvalue weighted by Crippen LogP contribution is 2.71. The average molecular weight is 357 g/mol. The van der Waals surface area contributed by atoms with Crippen LogP contribution in [0.2, 0.25) is 0 Å². The van der Waals surface area contributed by atoms with Crippen molar-refractivity contribution >= 4 is 0 Å². The summed E-state index contributed by atoms with van der Waals surface area (Å²) in [4.78, 5) is 0. The van der Waals surface area contributed by atoms with Crippen molar-refractivity contribution in [1.29, 1.82) is 0 Å². The van der Waals surface area contributed by atoms with Gasteiger partial charge in [0.25, 0.3) is 0 Å². The SMILES string of the molecule is CC12CCC3C(CC[C@@]4(C)CC(O)CCC34C)C1CCC2c1ccn[nH]1. The molecule has 26 heavy (non-hydrogen) atoms. The Kier molecular flexibility index (Phi) is 3.72. The zero-order chi connectivity index (χ0) is 18.2. The van der Waals surface area contributed by atoms with E-state index in [4.69, 9.17) is 0 Å². The monoisotopic (exact) mass is 356 g/mol. The van der Waals surface area contributed by atoms with E-state index in [0.29, 0.717) is 22.2 Å². The number of H-pyrrole nitrogens is 1. The van der Waals surface area contributed by atoms with Crippen molar-refractivity contribution in [3.05, 3.63) is 18.0 Å². The van der Waals surface area contributed by atoms with Gasteiger partial charge in [-0.05, 0) is 97.9 Å². The number of rotatable bonds is 1.